The molecule has 2 atom stereocenters. The third kappa shape index (κ3) is 2.96. The predicted molar refractivity (Wildman–Crippen MR) is 65.1 cm³/mol. The molecule has 2 rings (SSSR count). The minimum Gasteiger partial charge on any atom is -0.310 e. The second-order valence-corrected chi connectivity index (χ2v) is 4.91. The Labute approximate surface area is 101 Å². The van der Waals surface area contributed by atoms with E-state index in [1.807, 2.05) is 0 Å². The van der Waals surface area contributed by atoms with Crippen LogP contribution in [0.15, 0.2) is 18.2 Å². The highest BCUT2D eigenvalue weighted by molar-refractivity contribution is 6.31. The van der Waals surface area contributed by atoms with Crippen molar-refractivity contribution >= 4 is 11.6 Å². The highest BCUT2D eigenvalue weighted by Gasteiger charge is 2.35. The van der Waals surface area contributed by atoms with Crippen molar-refractivity contribution in [2.45, 2.75) is 38.8 Å². The molecule has 1 nitrogen and oxygen atoms in total. The zero-order chi connectivity index (χ0) is 11.5. The second kappa shape index (κ2) is 5.15. The van der Waals surface area contributed by atoms with E-state index in [1.54, 1.807) is 6.07 Å². The molecule has 0 aliphatic heterocycles. The highest BCUT2D eigenvalue weighted by Crippen LogP contribution is 2.34. The Morgan fingerprint density at radius 1 is 1.50 bits per heavy atom. The van der Waals surface area contributed by atoms with E-state index in [1.165, 1.54) is 31.4 Å². The molecule has 16 heavy (non-hydrogen) atoms. The molecule has 1 saturated carbocycles. The normalized spacial score (nSPS) is 23.4. The van der Waals surface area contributed by atoms with Crippen LogP contribution in [0.2, 0.25) is 5.02 Å². The zero-order valence-electron chi connectivity index (χ0n) is 9.47. The largest absolute Gasteiger partial charge is 0.310 e. The maximum absolute atomic E-state index is 12.8. The fraction of sp³-hybridized carbons (Fsp3) is 0.538. The molecule has 0 spiro atoms. The van der Waals surface area contributed by atoms with Gasteiger partial charge in [0.1, 0.15) is 5.82 Å². The van der Waals surface area contributed by atoms with Crippen molar-refractivity contribution in [2.75, 3.05) is 0 Å². The van der Waals surface area contributed by atoms with Gasteiger partial charge in [-0.25, -0.2) is 4.39 Å². The quantitative estimate of drug-likeness (QED) is 0.828. The van der Waals surface area contributed by atoms with E-state index >= 15 is 0 Å². The van der Waals surface area contributed by atoms with Crippen LogP contribution in [-0.2, 0) is 6.54 Å². The van der Waals surface area contributed by atoms with Crippen molar-refractivity contribution < 1.29 is 4.39 Å². The number of hydrogen-bond acceptors (Lipinski definition) is 1. The Kier molecular flexibility index (Phi) is 3.82. The molecule has 88 valence electrons. The van der Waals surface area contributed by atoms with Gasteiger partial charge in [0.25, 0.3) is 0 Å². The number of nitrogens with one attached hydrogen (secondary N) is 1. The Hall–Kier alpha value is -0.600. The molecule has 0 bridgehead atoms. The smallest absolute Gasteiger partial charge is 0.124 e. The second-order valence-electron chi connectivity index (χ2n) is 4.51. The number of hydrogen-bond donors (Lipinski definition) is 1. The molecule has 1 aliphatic rings. The Morgan fingerprint density at radius 3 is 3.00 bits per heavy atom. The van der Waals surface area contributed by atoms with Crippen LogP contribution in [0.1, 0.15) is 31.7 Å². The van der Waals surface area contributed by atoms with Gasteiger partial charge in [-0.2, -0.15) is 0 Å². The average Bonchev–Trinajstić information content (AvgIpc) is 2.96. The van der Waals surface area contributed by atoms with E-state index in [2.05, 4.69) is 12.2 Å². The van der Waals surface area contributed by atoms with Crippen LogP contribution < -0.4 is 5.32 Å². The first-order valence-corrected chi connectivity index (χ1v) is 6.25. The summed E-state index contributed by atoms with van der Waals surface area (Å²) in [4.78, 5) is 0. The van der Waals surface area contributed by atoms with Crippen molar-refractivity contribution in [1.29, 1.82) is 0 Å². The highest BCUT2D eigenvalue weighted by atomic mass is 35.5. The summed E-state index contributed by atoms with van der Waals surface area (Å²) in [5, 5.41) is 3.98. The summed E-state index contributed by atoms with van der Waals surface area (Å²) in [5.74, 6) is 0.563. The first-order valence-electron chi connectivity index (χ1n) is 5.88. The molecule has 0 radical (unpaired) electrons. The molecule has 0 saturated heterocycles. The fourth-order valence-corrected chi connectivity index (χ4v) is 2.33. The van der Waals surface area contributed by atoms with E-state index in [4.69, 9.17) is 11.6 Å². The molecule has 2 unspecified atom stereocenters. The molecule has 1 fully saturated rings. The van der Waals surface area contributed by atoms with Crippen LogP contribution in [0.4, 0.5) is 4.39 Å². The molecule has 3 heteroatoms. The molecular formula is C13H17ClFN. The minimum absolute atomic E-state index is 0.274. The molecule has 1 N–H and O–H groups in total. The summed E-state index contributed by atoms with van der Waals surface area (Å²) in [7, 11) is 0. The molecule has 1 aliphatic carbocycles. The summed E-state index contributed by atoms with van der Waals surface area (Å²) in [5.41, 5.74) is 0.977. The molecule has 1 aromatic carbocycles. The van der Waals surface area contributed by atoms with Crippen LogP contribution in [0.25, 0.3) is 0 Å². The first-order chi connectivity index (χ1) is 7.70. The predicted octanol–water partition coefficient (Wildman–Crippen LogP) is 3.76. The van der Waals surface area contributed by atoms with Gasteiger partial charge >= 0.3 is 0 Å². The lowest BCUT2D eigenvalue weighted by Crippen LogP contribution is -2.17. The van der Waals surface area contributed by atoms with Crippen LogP contribution in [0, 0.1) is 11.7 Å². The van der Waals surface area contributed by atoms with Gasteiger partial charge < -0.3 is 5.32 Å². The maximum atomic E-state index is 12.8. The van der Waals surface area contributed by atoms with Crippen LogP contribution in [0.3, 0.4) is 0 Å². The Bertz CT molecular complexity index is 367. The lowest BCUT2D eigenvalue weighted by molar-refractivity contribution is 0.597. The van der Waals surface area contributed by atoms with Gasteiger partial charge in [-0.05, 0) is 36.5 Å². The van der Waals surface area contributed by atoms with E-state index in [0.29, 0.717) is 11.1 Å². The van der Waals surface area contributed by atoms with Crippen molar-refractivity contribution in [3.8, 4) is 0 Å². The summed E-state index contributed by atoms with van der Waals surface area (Å²) in [6, 6.07) is 5.22. The van der Waals surface area contributed by atoms with Gasteiger partial charge in [-0.1, -0.05) is 31.0 Å². The lowest BCUT2D eigenvalue weighted by Gasteiger charge is -2.06. The Balaban J connectivity index is 1.82. The maximum Gasteiger partial charge on any atom is 0.124 e. The molecule has 1 aromatic rings. The molecule has 0 aromatic heterocycles. The van der Waals surface area contributed by atoms with Crippen LogP contribution in [0.5, 0.6) is 0 Å². The molecular weight excluding hydrogens is 225 g/mol. The van der Waals surface area contributed by atoms with E-state index in [-0.39, 0.29) is 5.82 Å². The van der Waals surface area contributed by atoms with Crippen LogP contribution >= 0.6 is 11.6 Å². The van der Waals surface area contributed by atoms with Gasteiger partial charge in [0.15, 0.2) is 0 Å². The third-order valence-corrected chi connectivity index (χ3v) is 3.50. The summed E-state index contributed by atoms with van der Waals surface area (Å²) in [6.45, 7) is 2.95. The fourth-order valence-electron chi connectivity index (χ4n) is 2.09. The SMILES string of the molecule is CCCC1CC1NCc1ccc(F)cc1Cl. The molecule has 0 heterocycles. The van der Waals surface area contributed by atoms with Gasteiger partial charge in [0, 0.05) is 17.6 Å². The average molecular weight is 242 g/mol. The topological polar surface area (TPSA) is 12.0 Å². The van der Waals surface area contributed by atoms with E-state index in [9.17, 15) is 4.39 Å². The number of rotatable bonds is 5. The van der Waals surface area contributed by atoms with E-state index < -0.39 is 0 Å². The monoisotopic (exact) mass is 241 g/mol. The lowest BCUT2D eigenvalue weighted by atomic mass is 10.2. The van der Waals surface area contributed by atoms with Gasteiger partial charge in [0.2, 0.25) is 0 Å². The first kappa shape index (κ1) is 11.9. The van der Waals surface area contributed by atoms with Crippen molar-refractivity contribution in [1.82, 2.24) is 5.32 Å². The third-order valence-electron chi connectivity index (χ3n) is 3.15. The van der Waals surface area contributed by atoms with E-state index in [0.717, 1.165) is 18.0 Å². The minimum atomic E-state index is -0.274. The van der Waals surface area contributed by atoms with Gasteiger partial charge in [-0.3, -0.25) is 0 Å². The molecule has 0 amide bonds. The number of halogens is 2. The summed E-state index contributed by atoms with van der Waals surface area (Å²) >= 11 is 5.95. The van der Waals surface area contributed by atoms with Crippen molar-refractivity contribution in [3.05, 3.63) is 34.6 Å². The number of benzene rings is 1. The summed E-state index contributed by atoms with van der Waals surface area (Å²) in [6.07, 6.45) is 3.82. The Morgan fingerprint density at radius 2 is 2.31 bits per heavy atom. The van der Waals surface area contributed by atoms with Gasteiger partial charge in [-0.15, -0.1) is 0 Å². The standard InChI is InChI=1S/C13H17ClFN/c1-2-3-9-6-13(9)16-8-10-4-5-11(15)7-12(10)14/h4-5,7,9,13,16H,2-3,6,8H2,1H3. The van der Waals surface area contributed by atoms with Gasteiger partial charge in [0.05, 0.1) is 0 Å². The van der Waals surface area contributed by atoms with Crippen molar-refractivity contribution in [2.24, 2.45) is 5.92 Å². The zero-order valence-corrected chi connectivity index (χ0v) is 10.2. The summed E-state index contributed by atoms with van der Waals surface area (Å²) < 4.78 is 12.8. The van der Waals surface area contributed by atoms with Crippen molar-refractivity contribution in [3.63, 3.8) is 0 Å². The van der Waals surface area contributed by atoms with Crippen LogP contribution in [-0.4, -0.2) is 6.04 Å².